The Morgan fingerprint density at radius 2 is 1.43 bits per heavy atom. The van der Waals surface area contributed by atoms with Crippen LogP contribution in [0.1, 0.15) is 53.0 Å². The van der Waals surface area contributed by atoms with Crippen molar-refractivity contribution in [3.63, 3.8) is 0 Å². The van der Waals surface area contributed by atoms with E-state index in [1.165, 1.54) is 22.3 Å². The van der Waals surface area contributed by atoms with Gasteiger partial charge < -0.3 is 4.74 Å². The number of allylic oxidation sites excluding steroid dienone is 5. The van der Waals surface area contributed by atoms with Crippen molar-refractivity contribution < 1.29 is 4.74 Å². The predicted molar refractivity (Wildman–Crippen MR) is 100.0 cm³/mol. The molecule has 0 fully saturated rings. The maximum Gasteiger partial charge on any atom is 0.119 e. The van der Waals surface area contributed by atoms with Crippen LogP contribution in [-0.4, -0.2) is 7.11 Å². The van der Waals surface area contributed by atoms with Gasteiger partial charge in [-0.3, -0.25) is 0 Å². The molecule has 0 aromatic heterocycles. The summed E-state index contributed by atoms with van der Waals surface area (Å²) in [6.45, 7) is 18.0. The fourth-order valence-corrected chi connectivity index (χ4v) is 3.20. The van der Waals surface area contributed by atoms with Gasteiger partial charge in [-0.2, -0.15) is 0 Å². The van der Waals surface area contributed by atoms with E-state index >= 15 is 0 Å². The van der Waals surface area contributed by atoms with Crippen LogP contribution in [0.2, 0.25) is 0 Å². The minimum absolute atomic E-state index is 0.0823. The normalized spacial score (nSPS) is 16.9. The van der Waals surface area contributed by atoms with Crippen molar-refractivity contribution in [2.45, 2.75) is 47.5 Å². The van der Waals surface area contributed by atoms with Crippen LogP contribution in [0, 0.1) is 10.8 Å². The van der Waals surface area contributed by atoms with Gasteiger partial charge in [0.05, 0.1) is 7.11 Å². The number of rotatable bonds is 2. The lowest BCUT2D eigenvalue weighted by Gasteiger charge is -2.36. The topological polar surface area (TPSA) is 9.23 Å². The van der Waals surface area contributed by atoms with Crippen molar-refractivity contribution in [1.29, 1.82) is 0 Å². The molecule has 23 heavy (non-hydrogen) atoms. The number of methoxy groups -OCH3 is 1. The summed E-state index contributed by atoms with van der Waals surface area (Å²) in [4.78, 5) is 0. The zero-order valence-corrected chi connectivity index (χ0v) is 15.7. The molecule has 0 bridgehead atoms. The summed E-state index contributed by atoms with van der Waals surface area (Å²) in [5.41, 5.74) is 5.30. The van der Waals surface area contributed by atoms with Crippen molar-refractivity contribution in [3.8, 4) is 5.75 Å². The lowest BCUT2D eigenvalue weighted by atomic mass is 9.68. The summed E-state index contributed by atoms with van der Waals surface area (Å²) in [7, 11) is 1.72. The third-order valence-corrected chi connectivity index (χ3v) is 4.44. The second-order valence-corrected chi connectivity index (χ2v) is 8.44. The quantitative estimate of drug-likeness (QED) is 0.623. The molecule has 1 aromatic rings. The summed E-state index contributed by atoms with van der Waals surface area (Å²) in [6, 6.07) is 8.36. The Kier molecular flexibility index (Phi) is 4.61. The van der Waals surface area contributed by atoms with E-state index in [2.05, 4.69) is 78.5 Å². The molecule has 1 heteroatoms. The standard InChI is InChI=1S/C22H30O/c1-15-19(21(2,3)4)13-17(14-20(15)22(5,6)7)16-10-9-11-18(12-16)23-8/h9-14,17H,1H2,2-8H3. The Bertz CT molecular complexity index is 626. The zero-order chi connectivity index (χ0) is 17.4. The van der Waals surface area contributed by atoms with Gasteiger partial charge in [0.2, 0.25) is 0 Å². The van der Waals surface area contributed by atoms with E-state index in [1.807, 2.05) is 6.07 Å². The van der Waals surface area contributed by atoms with E-state index < -0.39 is 0 Å². The number of hydrogen-bond acceptors (Lipinski definition) is 1. The molecule has 0 radical (unpaired) electrons. The Labute approximate surface area is 141 Å². The summed E-state index contributed by atoms with van der Waals surface area (Å²) in [5.74, 6) is 1.17. The van der Waals surface area contributed by atoms with Gasteiger partial charge in [0.1, 0.15) is 5.75 Å². The van der Waals surface area contributed by atoms with Crippen molar-refractivity contribution in [3.05, 3.63) is 65.3 Å². The monoisotopic (exact) mass is 310 g/mol. The van der Waals surface area contributed by atoms with Gasteiger partial charge in [-0.1, -0.05) is 72.4 Å². The third kappa shape index (κ3) is 3.77. The molecule has 0 heterocycles. The molecule has 1 aliphatic rings. The Hall–Kier alpha value is -1.76. The van der Waals surface area contributed by atoms with Crippen molar-refractivity contribution in [2.24, 2.45) is 10.8 Å². The molecule has 124 valence electrons. The van der Waals surface area contributed by atoms with E-state index in [4.69, 9.17) is 4.74 Å². The fourth-order valence-electron chi connectivity index (χ4n) is 3.20. The molecule has 2 rings (SSSR count). The van der Waals surface area contributed by atoms with Gasteiger partial charge in [-0.15, -0.1) is 0 Å². The minimum Gasteiger partial charge on any atom is -0.497 e. The lowest BCUT2D eigenvalue weighted by Crippen LogP contribution is -2.22. The maximum absolute atomic E-state index is 5.40. The first-order valence-electron chi connectivity index (χ1n) is 8.32. The highest BCUT2D eigenvalue weighted by Gasteiger charge is 2.31. The fraction of sp³-hybridized carbons (Fsp3) is 0.455. The molecule has 0 atom stereocenters. The minimum atomic E-state index is 0.0823. The second-order valence-electron chi connectivity index (χ2n) is 8.44. The van der Waals surface area contributed by atoms with Gasteiger partial charge in [-0.25, -0.2) is 0 Å². The average Bonchev–Trinajstić information content (AvgIpc) is 2.45. The van der Waals surface area contributed by atoms with Crippen LogP contribution in [0.5, 0.6) is 5.75 Å². The van der Waals surface area contributed by atoms with Crippen LogP contribution < -0.4 is 4.74 Å². The lowest BCUT2D eigenvalue weighted by molar-refractivity contribution is 0.414. The number of hydrogen-bond donors (Lipinski definition) is 0. The van der Waals surface area contributed by atoms with Gasteiger partial charge in [0.25, 0.3) is 0 Å². The first kappa shape index (κ1) is 17.6. The SMILES string of the molecule is C=C1C(C(C)(C)C)=CC(c2cccc(OC)c2)C=C1C(C)(C)C. The van der Waals surface area contributed by atoms with Gasteiger partial charge in [-0.05, 0) is 45.2 Å². The van der Waals surface area contributed by atoms with Crippen LogP contribution in [0.25, 0.3) is 0 Å². The van der Waals surface area contributed by atoms with E-state index in [0.717, 1.165) is 5.75 Å². The number of ether oxygens (including phenoxy) is 1. The molecule has 0 spiro atoms. The van der Waals surface area contributed by atoms with Crippen molar-refractivity contribution >= 4 is 0 Å². The van der Waals surface area contributed by atoms with Crippen LogP contribution in [-0.2, 0) is 0 Å². The summed E-state index contributed by atoms with van der Waals surface area (Å²) in [6.07, 6.45) is 4.73. The summed E-state index contributed by atoms with van der Waals surface area (Å²) in [5, 5.41) is 0. The van der Waals surface area contributed by atoms with Gasteiger partial charge >= 0.3 is 0 Å². The van der Waals surface area contributed by atoms with Crippen molar-refractivity contribution in [1.82, 2.24) is 0 Å². The largest absolute Gasteiger partial charge is 0.497 e. The number of benzene rings is 1. The average molecular weight is 310 g/mol. The molecule has 0 unspecified atom stereocenters. The Balaban J connectivity index is 2.57. The molecule has 0 N–H and O–H groups in total. The van der Waals surface area contributed by atoms with Gasteiger partial charge in [0, 0.05) is 5.92 Å². The van der Waals surface area contributed by atoms with Crippen LogP contribution in [0.4, 0.5) is 0 Å². The van der Waals surface area contributed by atoms with E-state index in [9.17, 15) is 0 Å². The predicted octanol–water partition coefficient (Wildman–Crippen LogP) is 6.29. The Morgan fingerprint density at radius 3 is 1.87 bits per heavy atom. The van der Waals surface area contributed by atoms with Crippen molar-refractivity contribution in [2.75, 3.05) is 7.11 Å². The highest BCUT2D eigenvalue weighted by molar-refractivity contribution is 5.56. The molecular formula is C22H30O. The smallest absolute Gasteiger partial charge is 0.119 e. The van der Waals surface area contributed by atoms with E-state index in [0.29, 0.717) is 0 Å². The molecular weight excluding hydrogens is 280 g/mol. The van der Waals surface area contributed by atoms with Gasteiger partial charge in [0.15, 0.2) is 0 Å². The van der Waals surface area contributed by atoms with Crippen LogP contribution >= 0.6 is 0 Å². The Morgan fingerprint density at radius 1 is 0.913 bits per heavy atom. The molecule has 1 nitrogen and oxygen atoms in total. The molecule has 1 aliphatic carbocycles. The van der Waals surface area contributed by atoms with E-state index in [-0.39, 0.29) is 16.7 Å². The molecule has 0 saturated carbocycles. The van der Waals surface area contributed by atoms with Crippen LogP contribution in [0.3, 0.4) is 0 Å². The van der Waals surface area contributed by atoms with Crippen LogP contribution in [0.15, 0.2) is 59.7 Å². The molecule has 0 amide bonds. The summed E-state index contributed by atoms with van der Waals surface area (Å²) >= 11 is 0. The maximum atomic E-state index is 5.40. The molecule has 0 aliphatic heterocycles. The highest BCUT2D eigenvalue weighted by atomic mass is 16.5. The highest BCUT2D eigenvalue weighted by Crippen LogP contribution is 2.46. The molecule has 1 aromatic carbocycles. The third-order valence-electron chi connectivity index (χ3n) is 4.44. The second kappa shape index (κ2) is 6.03. The van der Waals surface area contributed by atoms with E-state index in [1.54, 1.807) is 7.11 Å². The first-order valence-corrected chi connectivity index (χ1v) is 8.32. The first-order chi connectivity index (χ1) is 10.5. The molecule has 0 saturated heterocycles. The summed E-state index contributed by atoms with van der Waals surface area (Å²) < 4.78 is 5.40. The zero-order valence-electron chi connectivity index (χ0n) is 15.7.